The zero-order chi connectivity index (χ0) is 35.4. The van der Waals surface area contributed by atoms with Gasteiger partial charge >= 0.3 is 35.8 Å². The number of benzene rings is 2. The van der Waals surface area contributed by atoms with Crippen molar-refractivity contribution in [3.63, 3.8) is 0 Å². The Morgan fingerprint density at radius 3 is 1.81 bits per heavy atom. The molecule has 15 heteroatoms. The Morgan fingerprint density at radius 1 is 0.688 bits per heavy atom. The van der Waals surface area contributed by atoms with E-state index in [9.17, 15) is 38.7 Å². The number of esters is 6. The largest absolute Gasteiger partial charge is 0.463 e. The molecule has 0 saturated carbocycles. The highest BCUT2D eigenvalue weighted by Gasteiger charge is 2.56. The van der Waals surface area contributed by atoms with Crippen LogP contribution < -0.4 is 9.47 Å². The minimum absolute atomic E-state index is 0.122. The van der Waals surface area contributed by atoms with Gasteiger partial charge in [0.15, 0.2) is 18.3 Å². The predicted octanol–water partition coefficient (Wildman–Crippen LogP) is 1.83. The Bertz CT molecular complexity index is 1660. The van der Waals surface area contributed by atoms with Gasteiger partial charge in [-0.2, -0.15) is 0 Å². The van der Waals surface area contributed by atoms with Crippen LogP contribution in [0.25, 0.3) is 0 Å². The average Bonchev–Trinajstić information content (AvgIpc) is 2.97. The molecular weight excluding hydrogens is 636 g/mol. The highest BCUT2D eigenvalue weighted by molar-refractivity contribution is 6.16. The summed E-state index contributed by atoms with van der Waals surface area (Å²) in [6, 6.07) is 7.15. The van der Waals surface area contributed by atoms with Crippen molar-refractivity contribution in [2.45, 2.75) is 84.6 Å². The highest BCUT2D eigenvalue weighted by Crippen LogP contribution is 2.49. The molecule has 1 fully saturated rings. The van der Waals surface area contributed by atoms with Crippen LogP contribution in [0.1, 0.15) is 80.1 Å². The van der Waals surface area contributed by atoms with Crippen LogP contribution in [0, 0.1) is 0 Å². The fraction of sp³-hybridized carbons (Fsp3) is 0.424. The van der Waals surface area contributed by atoms with Crippen LogP contribution >= 0.6 is 0 Å². The lowest BCUT2D eigenvalue weighted by molar-refractivity contribution is -0.254. The van der Waals surface area contributed by atoms with Crippen LogP contribution in [0.4, 0.5) is 0 Å². The van der Waals surface area contributed by atoms with Crippen molar-refractivity contribution in [2.75, 3.05) is 6.61 Å². The van der Waals surface area contributed by atoms with Crippen LogP contribution in [0.5, 0.6) is 11.5 Å². The maximum absolute atomic E-state index is 14.3. The van der Waals surface area contributed by atoms with E-state index in [-0.39, 0.29) is 39.3 Å². The summed E-state index contributed by atoms with van der Waals surface area (Å²) in [6.45, 7) is 5.56. The zero-order valence-corrected chi connectivity index (χ0v) is 26.9. The van der Waals surface area contributed by atoms with Gasteiger partial charge in [0.25, 0.3) is 0 Å². The number of ketones is 1. The predicted molar refractivity (Wildman–Crippen MR) is 159 cm³/mol. The molecule has 1 aliphatic carbocycles. The van der Waals surface area contributed by atoms with Gasteiger partial charge in [0.05, 0.1) is 17.7 Å². The van der Waals surface area contributed by atoms with E-state index in [2.05, 4.69) is 0 Å². The number of carbonyl (C=O) groups excluding carboxylic acids is 7. The van der Waals surface area contributed by atoms with Gasteiger partial charge in [-0.3, -0.25) is 33.6 Å². The second-order valence-electron chi connectivity index (χ2n) is 11.1. The normalized spacial score (nSPS) is 22.7. The summed E-state index contributed by atoms with van der Waals surface area (Å²) < 4.78 is 39.3. The van der Waals surface area contributed by atoms with E-state index in [1.54, 1.807) is 0 Å². The molecule has 6 atom stereocenters. The average molecular weight is 671 g/mol. The molecule has 1 aliphatic heterocycles. The first-order valence-electron chi connectivity index (χ1n) is 14.7. The molecule has 2 aromatic carbocycles. The van der Waals surface area contributed by atoms with Crippen LogP contribution in [0.15, 0.2) is 30.3 Å². The lowest BCUT2D eigenvalue weighted by atomic mass is 9.71. The van der Waals surface area contributed by atoms with Crippen LogP contribution in [0.3, 0.4) is 0 Å². The fourth-order valence-electron chi connectivity index (χ4n) is 5.98. The van der Waals surface area contributed by atoms with Gasteiger partial charge in [-0.15, -0.1) is 0 Å². The molecule has 48 heavy (non-hydrogen) atoms. The Kier molecular flexibility index (Phi) is 11.0. The number of hydrogen-bond acceptors (Lipinski definition) is 15. The lowest BCUT2D eigenvalue weighted by Gasteiger charge is -2.48. The maximum Gasteiger partial charge on any atom is 0.308 e. The number of carbonyl (C=O) groups is 7. The second-order valence-corrected chi connectivity index (χ2v) is 11.1. The molecule has 2 aromatic rings. The molecule has 256 valence electrons. The summed E-state index contributed by atoms with van der Waals surface area (Å²) in [5.74, 6) is -7.04. The van der Waals surface area contributed by atoms with Crippen molar-refractivity contribution >= 4 is 41.6 Å². The van der Waals surface area contributed by atoms with E-state index in [4.69, 9.17) is 33.2 Å². The molecular formula is C33H34O15. The van der Waals surface area contributed by atoms with E-state index >= 15 is 0 Å². The van der Waals surface area contributed by atoms with Crippen molar-refractivity contribution in [3.05, 3.63) is 58.1 Å². The van der Waals surface area contributed by atoms with Crippen molar-refractivity contribution in [2.24, 2.45) is 0 Å². The van der Waals surface area contributed by atoms with E-state index in [1.807, 2.05) is 0 Å². The summed E-state index contributed by atoms with van der Waals surface area (Å²) in [5.41, 5.74) is 0.260. The third-order valence-electron chi connectivity index (χ3n) is 7.42. The Hall–Kier alpha value is -5.15. The minimum Gasteiger partial charge on any atom is -0.463 e. The summed E-state index contributed by atoms with van der Waals surface area (Å²) in [7, 11) is 0. The Balaban J connectivity index is 2.08. The van der Waals surface area contributed by atoms with Crippen LogP contribution in [-0.4, -0.2) is 83.8 Å². The third-order valence-corrected chi connectivity index (χ3v) is 7.42. The highest BCUT2D eigenvalue weighted by atomic mass is 16.7. The maximum atomic E-state index is 14.3. The molecule has 1 saturated heterocycles. The molecule has 1 heterocycles. The summed E-state index contributed by atoms with van der Waals surface area (Å²) >= 11 is 0. The Labute approximate surface area is 274 Å². The van der Waals surface area contributed by atoms with E-state index in [0.717, 1.165) is 41.5 Å². The summed E-state index contributed by atoms with van der Waals surface area (Å²) in [4.78, 5) is 87.7. The number of hydrogen-bond donors (Lipinski definition) is 1. The van der Waals surface area contributed by atoms with Crippen LogP contribution in [-0.2, 0) is 59.1 Å². The summed E-state index contributed by atoms with van der Waals surface area (Å²) in [6.07, 6.45) is -7.28. The van der Waals surface area contributed by atoms with Crippen LogP contribution in [0.2, 0.25) is 0 Å². The van der Waals surface area contributed by atoms with Crippen molar-refractivity contribution in [3.8, 4) is 11.5 Å². The van der Waals surface area contributed by atoms with E-state index in [0.29, 0.717) is 0 Å². The fourth-order valence-corrected chi connectivity index (χ4v) is 5.98. The SMILES string of the molecule is CC(=O)OC[C@H]1O[C@@H](C2c3cccc(OC(C)=O)c3C(=O)c3c(OC(C)=O)cc(CO)cc32)[C@H](OC(C)=O)[C@@H](OC(C)=O)[C@@H]1OC(C)=O. The second kappa shape index (κ2) is 14.7. The molecule has 2 aliphatic rings. The number of aliphatic hydroxyl groups excluding tert-OH is 1. The topological polar surface area (TPSA) is 204 Å². The minimum atomic E-state index is -1.55. The number of rotatable bonds is 9. The standard InChI is InChI=1S/C33H34O15/c1-14(35)42-13-25-30(45-17(4)38)32(46-18(5)39)33(47-19(6)40)31(48-25)26-21-8-7-9-23(43-15(2)36)27(21)29(41)28-22(26)10-20(12-34)11-24(28)44-16(3)37/h7-11,25-26,30-34H,12-13H2,1-6H3/t25-,26?,30-,31+,32+,33+/m1/s1. The molecule has 0 radical (unpaired) electrons. The van der Waals surface area contributed by atoms with Gasteiger partial charge in [-0.25, -0.2) is 0 Å². The molecule has 1 unspecified atom stereocenters. The quantitative estimate of drug-likeness (QED) is 0.230. The Morgan fingerprint density at radius 2 is 1.25 bits per heavy atom. The van der Waals surface area contributed by atoms with Crippen molar-refractivity contribution in [1.82, 2.24) is 0 Å². The van der Waals surface area contributed by atoms with Gasteiger partial charge in [0.1, 0.15) is 30.3 Å². The van der Waals surface area contributed by atoms with Gasteiger partial charge < -0.3 is 38.3 Å². The van der Waals surface area contributed by atoms with Crippen molar-refractivity contribution in [1.29, 1.82) is 0 Å². The summed E-state index contributed by atoms with van der Waals surface area (Å²) in [5, 5.41) is 10.2. The molecule has 0 spiro atoms. The molecule has 1 N–H and O–H groups in total. The molecule has 0 aromatic heterocycles. The third kappa shape index (κ3) is 7.69. The number of ether oxygens (including phenoxy) is 7. The molecule has 15 nitrogen and oxygen atoms in total. The number of fused-ring (bicyclic) bond motifs is 2. The van der Waals surface area contributed by atoms with E-state index in [1.165, 1.54) is 30.3 Å². The lowest BCUT2D eigenvalue weighted by Crippen LogP contribution is -2.63. The smallest absolute Gasteiger partial charge is 0.308 e. The van der Waals surface area contributed by atoms with Gasteiger partial charge in [-0.05, 0) is 28.8 Å². The molecule has 4 rings (SSSR count). The first-order chi connectivity index (χ1) is 22.6. The van der Waals surface area contributed by atoms with Gasteiger partial charge in [-0.1, -0.05) is 18.2 Å². The molecule has 0 bridgehead atoms. The zero-order valence-electron chi connectivity index (χ0n) is 26.9. The monoisotopic (exact) mass is 670 g/mol. The first kappa shape index (κ1) is 35.7. The van der Waals surface area contributed by atoms with Gasteiger partial charge in [0.2, 0.25) is 5.78 Å². The number of aliphatic hydroxyl groups is 1. The van der Waals surface area contributed by atoms with Gasteiger partial charge in [0, 0.05) is 47.5 Å². The van der Waals surface area contributed by atoms with Crippen molar-refractivity contribution < 1.29 is 71.8 Å². The molecule has 0 amide bonds. The van der Waals surface area contributed by atoms with E-state index < -0.39 is 91.3 Å². The first-order valence-corrected chi connectivity index (χ1v) is 14.7.